The summed E-state index contributed by atoms with van der Waals surface area (Å²) < 4.78 is 0. The van der Waals surface area contributed by atoms with E-state index in [2.05, 4.69) is 77.1 Å². The molecule has 43 heavy (non-hydrogen) atoms. The normalized spacial score (nSPS) is 27.7. The molecule has 0 aromatic heterocycles. The molecule has 3 aromatic rings. The predicted molar refractivity (Wildman–Crippen MR) is 174 cm³/mol. The van der Waals surface area contributed by atoms with Crippen LogP contribution in [-0.4, -0.2) is 16.0 Å². The lowest BCUT2D eigenvalue weighted by Gasteiger charge is -2.34. The van der Waals surface area contributed by atoms with E-state index in [0.717, 1.165) is 73.6 Å². The first-order valence-electron chi connectivity index (χ1n) is 17.0. The smallest absolute Gasteiger partial charge is 0.166 e. The second-order valence-electron chi connectivity index (χ2n) is 14.8. The number of ketones is 1. The highest BCUT2D eigenvalue weighted by Crippen LogP contribution is 2.67. The summed E-state index contributed by atoms with van der Waals surface area (Å²) in [6, 6.07) is 15.0. The summed E-state index contributed by atoms with van der Waals surface area (Å²) in [4.78, 5) is 13.6. The zero-order valence-electron chi connectivity index (χ0n) is 26.9. The fourth-order valence-electron chi connectivity index (χ4n) is 10.4. The number of aryl methyl sites for hydroxylation is 1. The number of hydrogen-bond donors (Lipinski definition) is 2. The highest BCUT2D eigenvalue weighted by atomic mass is 16.3. The third-order valence-electron chi connectivity index (χ3n) is 13.1. The van der Waals surface area contributed by atoms with E-state index in [1.54, 1.807) is 0 Å². The second-order valence-corrected chi connectivity index (χ2v) is 14.8. The molecular weight excluding hydrogens is 528 g/mol. The molecule has 4 aliphatic carbocycles. The maximum absolute atomic E-state index is 13.6. The summed E-state index contributed by atoms with van der Waals surface area (Å²) in [5.74, 6) is 2.04. The molecule has 0 saturated heterocycles. The number of carbonyl (C=O) groups is 1. The van der Waals surface area contributed by atoms with Crippen molar-refractivity contribution < 1.29 is 15.0 Å². The van der Waals surface area contributed by atoms with E-state index in [0.29, 0.717) is 29.1 Å². The van der Waals surface area contributed by atoms with Crippen LogP contribution in [0.3, 0.4) is 0 Å². The Morgan fingerprint density at radius 1 is 0.721 bits per heavy atom. The Kier molecular flexibility index (Phi) is 6.48. The molecular formula is C40H48O3. The van der Waals surface area contributed by atoms with Crippen LogP contribution in [0.2, 0.25) is 0 Å². The van der Waals surface area contributed by atoms with Gasteiger partial charge in [0.2, 0.25) is 0 Å². The number of rotatable bonds is 5. The van der Waals surface area contributed by atoms with E-state index in [4.69, 9.17) is 0 Å². The van der Waals surface area contributed by atoms with Gasteiger partial charge in [0.1, 0.15) is 11.5 Å². The molecule has 4 aliphatic rings. The van der Waals surface area contributed by atoms with Crippen LogP contribution in [0.5, 0.6) is 11.5 Å². The van der Waals surface area contributed by atoms with Crippen molar-refractivity contribution in [2.24, 2.45) is 11.8 Å². The maximum Gasteiger partial charge on any atom is 0.166 e. The predicted octanol–water partition coefficient (Wildman–Crippen LogP) is 10.00. The van der Waals surface area contributed by atoms with Crippen LogP contribution in [0.15, 0.2) is 42.5 Å². The highest BCUT2D eigenvalue weighted by molar-refractivity contribution is 6.04. The largest absolute Gasteiger partial charge is 0.508 e. The summed E-state index contributed by atoms with van der Waals surface area (Å²) >= 11 is 0. The number of phenolic OH excluding ortho intramolecular Hbond substituents is 2. The molecule has 0 aliphatic heterocycles. The lowest BCUT2D eigenvalue weighted by atomic mass is 9.68. The van der Waals surface area contributed by atoms with Crippen LogP contribution >= 0.6 is 0 Å². The third-order valence-corrected chi connectivity index (χ3v) is 13.1. The average molecular weight is 577 g/mol. The highest BCUT2D eigenvalue weighted by Gasteiger charge is 2.59. The third kappa shape index (κ3) is 3.75. The lowest BCUT2D eigenvalue weighted by molar-refractivity contribution is 0.0875. The number of fused-ring (bicyclic) bond motifs is 7. The standard InChI is InChI=1S/C40H48O3/c1-7-38(8-2)21-40(33-19-35(41)24(6)16-31(33)38)22-39(9-3,10-4)32-18-28(36(42)20-34(32)40)25-12-14-27-26-13-11-23(5)15-29(26)37(43)30(27)17-25/h12,14,16-20,23,26,29,41-42H,7-11,13,15,21-22H2,1-6H3. The first kappa shape index (κ1) is 28.7. The molecule has 0 amide bonds. The van der Waals surface area contributed by atoms with Gasteiger partial charge in [-0.1, -0.05) is 59.2 Å². The van der Waals surface area contributed by atoms with Crippen molar-refractivity contribution >= 4 is 5.78 Å². The summed E-state index contributed by atoms with van der Waals surface area (Å²) in [7, 11) is 0. The van der Waals surface area contributed by atoms with E-state index < -0.39 is 0 Å². The van der Waals surface area contributed by atoms with Crippen molar-refractivity contribution in [2.75, 3.05) is 0 Å². The Hall–Kier alpha value is -3.07. The van der Waals surface area contributed by atoms with Crippen LogP contribution in [-0.2, 0) is 16.2 Å². The number of phenols is 2. The Balaban J connectivity index is 1.41. The first-order chi connectivity index (χ1) is 20.6. The van der Waals surface area contributed by atoms with Gasteiger partial charge in [-0.3, -0.25) is 4.79 Å². The Bertz CT molecular complexity index is 1640. The molecule has 0 radical (unpaired) electrons. The molecule has 3 aromatic carbocycles. The van der Waals surface area contributed by atoms with Gasteiger partial charge in [-0.25, -0.2) is 0 Å². The number of hydrogen-bond acceptors (Lipinski definition) is 3. The Morgan fingerprint density at radius 2 is 1.33 bits per heavy atom. The van der Waals surface area contributed by atoms with Gasteiger partial charge in [-0.05, 0) is 144 Å². The monoisotopic (exact) mass is 576 g/mol. The minimum Gasteiger partial charge on any atom is -0.508 e. The first-order valence-corrected chi connectivity index (χ1v) is 17.0. The van der Waals surface area contributed by atoms with E-state index in [1.807, 2.05) is 6.92 Å². The Morgan fingerprint density at radius 3 is 1.95 bits per heavy atom. The minimum atomic E-state index is -0.246. The molecule has 2 N–H and O–H groups in total. The summed E-state index contributed by atoms with van der Waals surface area (Å²) in [6.45, 7) is 13.5. The fourth-order valence-corrected chi connectivity index (χ4v) is 10.4. The van der Waals surface area contributed by atoms with Gasteiger partial charge in [0.25, 0.3) is 0 Å². The zero-order chi connectivity index (χ0) is 30.5. The van der Waals surface area contributed by atoms with Crippen LogP contribution in [0.4, 0.5) is 0 Å². The summed E-state index contributed by atoms with van der Waals surface area (Å²) in [6.07, 6.45) is 9.42. The molecule has 3 nitrogen and oxygen atoms in total. The summed E-state index contributed by atoms with van der Waals surface area (Å²) in [5.41, 5.74) is 9.82. The van der Waals surface area contributed by atoms with Crippen LogP contribution in [0.1, 0.15) is 142 Å². The molecule has 4 atom stereocenters. The van der Waals surface area contributed by atoms with Crippen molar-refractivity contribution in [1.82, 2.24) is 0 Å². The van der Waals surface area contributed by atoms with Crippen molar-refractivity contribution in [2.45, 2.75) is 121 Å². The molecule has 226 valence electrons. The number of aromatic hydroxyl groups is 2. The number of benzene rings is 3. The van der Waals surface area contributed by atoms with Gasteiger partial charge in [-0.2, -0.15) is 0 Å². The number of carbonyl (C=O) groups excluding carboxylic acids is 1. The average Bonchev–Trinajstić information content (AvgIpc) is 3.55. The quantitative estimate of drug-likeness (QED) is 0.318. The Labute approximate surface area is 257 Å². The van der Waals surface area contributed by atoms with Crippen molar-refractivity contribution in [3.63, 3.8) is 0 Å². The van der Waals surface area contributed by atoms with Gasteiger partial charge in [0.15, 0.2) is 5.78 Å². The second kappa shape index (κ2) is 9.71. The van der Waals surface area contributed by atoms with E-state index in [1.165, 1.54) is 34.2 Å². The van der Waals surface area contributed by atoms with Crippen molar-refractivity contribution in [3.05, 3.63) is 81.4 Å². The summed E-state index contributed by atoms with van der Waals surface area (Å²) in [5, 5.41) is 22.8. The topological polar surface area (TPSA) is 57.5 Å². The van der Waals surface area contributed by atoms with Gasteiger partial charge in [0.05, 0.1) is 0 Å². The van der Waals surface area contributed by atoms with E-state index in [-0.39, 0.29) is 22.2 Å². The van der Waals surface area contributed by atoms with Crippen LogP contribution < -0.4 is 0 Å². The molecule has 1 saturated carbocycles. The van der Waals surface area contributed by atoms with Gasteiger partial charge < -0.3 is 10.2 Å². The minimum absolute atomic E-state index is 0.0231. The molecule has 0 heterocycles. The van der Waals surface area contributed by atoms with Gasteiger partial charge >= 0.3 is 0 Å². The van der Waals surface area contributed by atoms with Crippen molar-refractivity contribution in [3.8, 4) is 22.6 Å². The van der Waals surface area contributed by atoms with Crippen LogP contribution in [0.25, 0.3) is 11.1 Å². The lowest BCUT2D eigenvalue weighted by Crippen LogP contribution is -2.30. The molecule has 0 bridgehead atoms. The van der Waals surface area contributed by atoms with Crippen LogP contribution in [0, 0.1) is 18.8 Å². The van der Waals surface area contributed by atoms with Crippen molar-refractivity contribution in [1.29, 1.82) is 0 Å². The maximum atomic E-state index is 13.6. The van der Waals surface area contributed by atoms with Gasteiger partial charge in [-0.15, -0.1) is 0 Å². The van der Waals surface area contributed by atoms with Gasteiger partial charge in [0, 0.05) is 22.5 Å². The molecule has 4 unspecified atom stereocenters. The zero-order valence-corrected chi connectivity index (χ0v) is 26.9. The van der Waals surface area contributed by atoms with E-state index >= 15 is 0 Å². The molecule has 7 rings (SSSR count). The fraction of sp³-hybridized carbons (Fsp3) is 0.525. The number of Topliss-reactive ketones (excluding diaryl/α,β-unsaturated/α-hetero) is 1. The molecule has 1 fully saturated rings. The SMILES string of the molecule is CCC1(CC)CC2(CC(CC)(CC)c3cc(-c4ccc5c(c4)C(=O)C4CC(C)CCC54)c(O)cc32)c2cc(O)c(C)cc21. The molecule has 3 heteroatoms. The molecule has 1 spiro atoms. The van der Waals surface area contributed by atoms with E-state index in [9.17, 15) is 15.0 Å².